The molecular formula is C71H132NO8P. The molecule has 0 saturated carbocycles. The maximum absolute atomic E-state index is 12.7. The van der Waals surface area contributed by atoms with Gasteiger partial charge in [-0.1, -0.05) is 312 Å². The number of unbranched alkanes of at least 4 members (excludes halogenated alkanes) is 43. The number of rotatable bonds is 66. The zero-order valence-electron chi connectivity index (χ0n) is 53.3. The number of esters is 2. The number of ether oxygens (including phenoxy) is 2. The van der Waals surface area contributed by atoms with Crippen molar-refractivity contribution in [2.24, 2.45) is 5.73 Å². The highest BCUT2D eigenvalue weighted by Gasteiger charge is 2.26. The molecule has 0 aliphatic carbocycles. The maximum Gasteiger partial charge on any atom is 0.472 e. The second-order valence-corrected chi connectivity index (χ2v) is 24.8. The fourth-order valence-corrected chi connectivity index (χ4v) is 11.0. The molecule has 0 fully saturated rings. The predicted molar refractivity (Wildman–Crippen MR) is 349 cm³/mol. The average Bonchev–Trinajstić information content (AvgIpc) is 3.46. The third-order valence-electron chi connectivity index (χ3n) is 15.4. The number of allylic oxidation sites excluding steroid dienone is 10. The lowest BCUT2D eigenvalue weighted by Gasteiger charge is -2.19. The Bertz CT molecular complexity index is 1510. The standard InChI is InChI=1S/C71H132NO8P/c1-3-5-7-9-11-13-15-17-19-21-23-25-27-28-29-30-31-32-33-34-35-36-37-38-39-40-42-43-45-47-49-51-53-55-57-59-61-63-70(73)77-67-69(68-79-81(75,76)78-66-65-72)80-71(74)64-62-60-58-56-54-52-50-48-46-44-41-26-24-22-20-18-16-14-12-10-8-6-4-2/h15-18,21-24,41,44,69H,3-14,19-20,25-40,42-43,45-68,72H2,1-2H3,(H,75,76)/b17-15-,18-16-,23-21-,24-22-,44-41-. The van der Waals surface area contributed by atoms with Crippen LogP contribution in [0.25, 0.3) is 0 Å². The first-order valence-electron chi connectivity index (χ1n) is 34.8. The summed E-state index contributed by atoms with van der Waals surface area (Å²) in [5.74, 6) is -0.822. The fourth-order valence-electron chi connectivity index (χ4n) is 10.2. The van der Waals surface area contributed by atoms with E-state index >= 15 is 0 Å². The first-order valence-corrected chi connectivity index (χ1v) is 36.3. The van der Waals surface area contributed by atoms with Crippen LogP contribution in [0.1, 0.15) is 348 Å². The zero-order valence-corrected chi connectivity index (χ0v) is 54.2. The van der Waals surface area contributed by atoms with Gasteiger partial charge >= 0.3 is 19.8 Å². The van der Waals surface area contributed by atoms with Crippen LogP contribution >= 0.6 is 7.82 Å². The molecule has 3 N–H and O–H groups in total. The predicted octanol–water partition coefficient (Wildman–Crippen LogP) is 22.6. The van der Waals surface area contributed by atoms with Crippen molar-refractivity contribution in [2.75, 3.05) is 26.4 Å². The molecule has 0 amide bonds. The molecule has 0 spiro atoms. The van der Waals surface area contributed by atoms with Crippen molar-refractivity contribution in [2.45, 2.75) is 354 Å². The van der Waals surface area contributed by atoms with Crippen LogP contribution in [0.2, 0.25) is 0 Å². The number of phosphoric acid groups is 1. The summed E-state index contributed by atoms with van der Waals surface area (Å²) >= 11 is 0. The molecule has 0 rings (SSSR count). The van der Waals surface area contributed by atoms with Crippen molar-refractivity contribution in [3.63, 3.8) is 0 Å². The van der Waals surface area contributed by atoms with Crippen LogP contribution in [-0.4, -0.2) is 49.3 Å². The summed E-state index contributed by atoms with van der Waals surface area (Å²) in [7, 11) is -4.39. The van der Waals surface area contributed by atoms with Gasteiger partial charge in [0.25, 0.3) is 0 Å². The van der Waals surface area contributed by atoms with E-state index in [9.17, 15) is 19.0 Å². The number of hydrogen-bond donors (Lipinski definition) is 2. The van der Waals surface area contributed by atoms with E-state index in [1.54, 1.807) is 0 Å². The summed E-state index contributed by atoms with van der Waals surface area (Å²) in [5, 5.41) is 0. The van der Waals surface area contributed by atoms with Crippen LogP contribution < -0.4 is 5.73 Å². The molecule has 81 heavy (non-hydrogen) atoms. The van der Waals surface area contributed by atoms with Crippen LogP contribution in [0.4, 0.5) is 0 Å². The van der Waals surface area contributed by atoms with Crippen molar-refractivity contribution in [1.82, 2.24) is 0 Å². The van der Waals surface area contributed by atoms with Crippen molar-refractivity contribution >= 4 is 19.8 Å². The molecule has 10 heteroatoms. The van der Waals surface area contributed by atoms with Crippen LogP contribution in [0.3, 0.4) is 0 Å². The average molecular weight is 1160 g/mol. The Labute approximate surface area is 501 Å². The number of hydrogen-bond acceptors (Lipinski definition) is 8. The summed E-state index contributed by atoms with van der Waals surface area (Å²) in [6, 6.07) is 0. The highest BCUT2D eigenvalue weighted by molar-refractivity contribution is 7.47. The van der Waals surface area contributed by atoms with E-state index in [1.165, 1.54) is 250 Å². The smallest absolute Gasteiger partial charge is 0.462 e. The van der Waals surface area contributed by atoms with Gasteiger partial charge in [0.1, 0.15) is 6.61 Å². The normalized spacial score (nSPS) is 13.3. The molecule has 9 nitrogen and oxygen atoms in total. The first kappa shape index (κ1) is 78.7. The van der Waals surface area contributed by atoms with Crippen LogP contribution in [0, 0.1) is 0 Å². The molecule has 0 aromatic rings. The molecule has 0 bridgehead atoms. The van der Waals surface area contributed by atoms with Gasteiger partial charge in [0.2, 0.25) is 0 Å². The number of carbonyl (C=O) groups excluding carboxylic acids is 2. The molecular weight excluding hydrogens is 1030 g/mol. The summed E-state index contributed by atoms with van der Waals surface area (Å²) in [6.45, 7) is 3.76. The SMILES string of the molecule is CCCCCCC/C=C\C/C=C\C/C=C\CCCCCCCCCCC(=O)OC(COC(=O)CCCCCCCCCCCCCCCCCCCCCCCCCCC/C=C\C/C=C\CCCCCCC)COP(=O)(O)OCCN. The van der Waals surface area contributed by atoms with Gasteiger partial charge in [-0.3, -0.25) is 18.6 Å². The number of phosphoric ester groups is 1. The zero-order chi connectivity index (χ0) is 58.7. The van der Waals surface area contributed by atoms with E-state index < -0.39 is 26.5 Å². The summed E-state index contributed by atoms with van der Waals surface area (Å²) in [6.07, 6.45) is 86.1. The van der Waals surface area contributed by atoms with E-state index in [4.69, 9.17) is 24.3 Å². The third-order valence-corrected chi connectivity index (χ3v) is 16.4. The van der Waals surface area contributed by atoms with Gasteiger partial charge in [-0.15, -0.1) is 0 Å². The van der Waals surface area contributed by atoms with E-state index in [1.807, 2.05) is 0 Å². The van der Waals surface area contributed by atoms with E-state index in [0.29, 0.717) is 6.42 Å². The third kappa shape index (κ3) is 66.7. The fraction of sp³-hybridized carbons (Fsp3) is 0.831. The molecule has 2 atom stereocenters. The number of nitrogens with two attached hydrogens (primary N) is 1. The molecule has 474 valence electrons. The van der Waals surface area contributed by atoms with Crippen molar-refractivity contribution in [3.8, 4) is 0 Å². The Morgan fingerprint density at radius 3 is 0.951 bits per heavy atom. The molecule has 0 heterocycles. The molecule has 0 radical (unpaired) electrons. The molecule has 0 aromatic heterocycles. The first-order chi connectivity index (χ1) is 39.8. The lowest BCUT2D eigenvalue weighted by atomic mass is 10.0. The van der Waals surface area contributed by atoms with Gasteiger partial charge in [-0.25, -0.2) is 4.57 Å². The largest absolute Gasteiger partial charge is 0.472 e. The number of carbonyl (C=O) groups is 2. The molecule has 0 aromatic carbocycles. The second-order valence-electron chi connectivity index (χ2n) is 23.4. The summed E-state index contributed by atoms with van der Waals surface area (Å²) < 4.78 is 33.1. The lowest BCUT2D eigenvalue weighted by Crippen LogP contribution is -2.29. The quantitative estimate of drug-likeness (QED) is 0.0264. The van der Waals surface area contributed by atoms with Gasteiger partial charge in [0, 0.05) is 19.4 Å². The van der Waals surface area contributed by atoms with E-state index in [0.717, 1.165) is 64.2 Å². The molecule has 2 unspecified atom stereocenters. The topological polar surface area (TPSA) is 134 Å². The van der Waals surface area contributed by atoms with Crippen LogP contribution in [0.5, 0.6) is 0 Å². The second kappa shape index (κ2) is 66.8. The van der Waals surface area contributed by atoms with Gasteiger partial charge in [-0.2, -0.15) is 0 Å². The highest BCUT2D eigenvalue weighted by atomic mass is 31.2. The minimum atomic E-state index is -4.39. The van der Waals surface area contributed by atoms with Crippen LogP contribution in [0.15, 0.2) is 60.8 Å². The Morgan fingerprint density at radius 1 is 0.370 bits per heavy atom. The minimum Gasteiger partial charge on any atom is -0.462 e. The van der Waals surface area contributed by atoms with E-state index in [2.05, 4.69) is 74.6 Å². The van der Waals surface area contributed by atoms with E-state index in [-0.39, 0.29) is 38.6 Å². The Kier molecular flexibility index (Phi) is 65.0. The van der Waals surface area contributed by atoms with Gasteiger partial charge < -0.3 is 20.1 Å². The lowest BCUT2D eigenvalue weighted by molar-refractivity contribution is -0.161. The molecule has 0 saturated heterocycles. The Hall–Kier alpha value is -2.29. The van der Waals surface area contributed by atoms with Gasteiger partial charge in [0.05, 0.1) is 13.2 Å². The molecule has 0 aliphatic rings. The van der Waals surface area contributed by atoms with Crippen molar-refractivity contribution < 1.29 is 37.6 Å². The summed E-state index contributed by atoms with van der Waals surface area (Å²) in [4.78, 5) is 35.3. The van der Waals surface area contributed by atoms with Gasteiger partial charge in [0.15, 0.2) is 6.10 Å². The summed E-state index contributed by atoms with van der Waals surface area (Å²) in [5.41, 5.74) is 5.40. The maximum atomic E-state index is 12.7. The van der Waals surface area contributed by atoms with Crippen molar-refractivity contribution in [3.05, 3.63) is 60.8 Å². The Balaban J connectivity index is 3.81. The Morgan fingerprint density at radius 2 is 0.642 bits per heavy atom. The van der Waals surface area contributed by atoms with Crippen LogP contribution in [-0.2, 0) is 32.7 Å². The van der Waals surface area contributed by atoms with Gasteiger partial charge in [-0.05, 0) is 83.5 Å². The molecule has 0 aliphatic heterocycles. The highest BCUT2D eigenvalue weighted by Crippen LogP contribution is 2.43. The van der Waals surface area contributed by atoms with Crippen molar-refractivity contribution in [1.29, 1.82) is 0 Å². The minimum absolute atomic E-state index is 0.0519. The monoisotopic (exact) mass is 1160 g/mol.